The van der Waals surface area contributed by atoms with Crippen LogP contribution in [0, 0.1) is 0 Å². The highest BCUT2D eigenvalue weighted by atomic mass is 16.2. The number of fused-ring (bicyclic) bond motifs is 1. The van der Waals surface area contributed by atoms with Gasteiger partial charge in [0.05, 0.1) is 0 Å². The third-order valence-electron chi connectivity index (χ3n) is 4.80. The van der Waals surface area contributed by atoms with E-state index in [1.165, 1.54) is 11.1 Å². The summed E-state index contributed by atoms with van der Waals surface area (Å²) < 4.78 is 0. The van der Waals surface area contributed by atoms with Crippen LogP contribution in [0.5, 0.6) is 0 Å². The lowest BCUT2D eigenvalue weighted by molar-refractivity contribution is -0.118. The molecular weight excluding hydrogens is 274 g/mol. The molecule has 1 amide bonds. The van der Waals surface area contributed by atoms with Gasteiger partial charge in [-0.1, -0.05) is 19.1 Å². The third-order valence-corrected chi connectivity index (χ3v) is 4.80. The molecule has 0 aromatic heterocycles. The second-order valence-corrected chi connectivity index (χ2v) is 6.31. The second kappa shape index (κ2) is 7.25. The van der Waals surface area contributed by atoms with Gasteiger partial charge < -0.3 is 15.1 Å². The van der Waals surface area contributed by atoms with E-state index in [1.807, 2.05) is 11.8 Å². The molecule has 0 unspecified atom stereocenters. The van der Waals surface area contributed by atoms with Gasteiger partial charge in [-0.25, -0.2) is 0 Å². The first-order valence-corrected chi connectivity index (χ1v) is 8.63. The minimum Gasteiger partial charge on any atom is -0.314 e. The zero-order valence-electron chi connectivity index (χ0n) is 13.6. The van der Waals surface area contributed by atoms with E-state index in [0.717, 1.165) is 64.2 Å². The van der Waals surface area contributed by atoms with Crippen molar-refractivity contribution in [1.82, 2.24) is 10.2 Å². The van der Waals surface area contributed by atoms with Gasteiger partial charge in [-0.3, -0.25) is 4.79 Å². The summed E-state index contributed by atoms with van der Waals surface area (Å²) in [5.74, 6) is 0.250. The van der Waals surface area contributed by atoms with Crippen molar-refractivity contribution in [3.8, 4) is 0 Å². The first kappa shape index (κ1) is 15.5. The zero-order valence-corrected chi connectivity index (χ0v) is 13.6. The van der Waals surface area contributed by atoms with Gasteiger partial charge in [0.15, 0.2) is 0 Å². The Morgan fingerprint density at radius 1 is 1.23 bits per heavy atom. The van der Waals surface area contributed by atoms with Crippen LogP contribution in [-0.4, -0.2) is 50.1 Å². The third kappa shape index (κ3) is 3.50. The normalized spacial score (nSPS) is 19.0. The number of benzene rings is 1. The molecule has 120 valence electrons. The summed E-state index contributed by atoms with van der Waals surface area (Å²) in [5, 5.41) is 3.39. The van der Waals surface area contributed by atoms with E-state index >= 15 is 0 Å². The maximum atomic E-state index is 12.2. The summed E-state index contributed by atoms with van der Waals surface area (Å²) in [5.41, 5.74) is 3.85. The monoisotopic (exact) mass is 301 g/mol. The van der Waals surface area contributed by atoms with Crippen LogP contribution in [0.25, 0.3) is 0 Å². The summed E-state index contributed by atoms with van der Waals surface area (Å²) in [6.07, 6.45) is 3.84. The Morgan fingerprint density at radius 3 is 2.82 bits per heavy atom. The Balaban J connectivity index is 1.69. The number of rotatable bonds is 4. The molecule has 0 atom stereocenters. The van der Waals surface area contributed by atoms with Gasteiger partial charge in [-0.2, -0.15) is 0 Å². The Morgan fingerprint density at radius 2 is 2.05 bits per heavy atom. The summed E-state index contributed by atoms with van der Waals surface area (Å²) in [7, 11) is 0. The number of anilines is 1. The van der Waals surface area contributed by atoms with Gasteiger partial charge in [0.2, 0.25) is 5.91 Å². The molecule has 4 heteroatoms. The molecule has 1 aromatic rings. The van der Waals surface area contributed by atoms with Crippen LogP contribution in [-0.2, 0) is 17.6 Å². The number of amides is 1. The highest BCUT2D eigenvalue weighted by Gasteiger charge is 2.21. The number of hydrogen-bond donors (Lipinski definition) is 1. The Labute approximate surface area is 133 Å². The van der Waals surface area contributed by atoms with Gasteiger partial charge in [-0.05, 0) is 36.5 Å². The molecule has 0 radical (unpaired) electrons. The quantitative estimate of drug-likeness (QED) is 0.921. The van der Waals surface area contributed by atoms with Crippen LogP contribution in [0.15, 0.2) is 18.2 Å². The highest BCUT2D eigenvalue weighted by molar-refractivity contribution is 5.94. The smallest absolute Gasteiger partial charge is 0.226 e. The lowest BCUT2D eigenvalue weighted by Gasteiger charge is -2.30. The van der Waals surface area contributed by atoms with Crippen molar-refractivity contribution >= 4 is 11.6 Å². The fraction of sp³-hybridized carbons (Fsp3) is 0.611. The Kier molecular flexibility index (Phi) is 5.11. The van der Waals surface area contributed by atoms with Crippen molar-refractivity contribution in [1.29, 1.82) is 0 Å². The predicted molar refractivity (Wildman–Crippen MR) is 90.4 cm³/mol. The van der Waals surface area contributed by atoms with Gasteiger partial charge in [-0.15, -0.1) is 0 Å². The second-order valence-electron chi connectivity index (χ2n) is 6.31. The Bertz CT molecular complexity index is 523. The molecule has 1 aromatic carbocycles. The first-order valence-electron chi connectivity index (χ1n) is 8.63. The topological polar surface area (TPSA) is 35.6 Å². The maximum absolute atomic E-state index is 12.2. The van der Waals surface area contributed by atoms with Crippen LogP contribution in [0.2, 0.25) is 0 Å². The number of carbonyl (C=O) groups excluding carboxylic acids is 1. The van der Waals surface area contributed by atoms with Crippen LogP contribution >= 0.6 is 0 Å². The van der Waals surface area contributed by atoms with E-state index in [2.05, 4.69) is 28.4 Å². The number of aryl methyl sites for hydroxylation is 1. The van der Waals surface area contributed by atoms with Crippen molar-refractivity contribution < 1.29 is 4.79 Å². The van der Waals surface area contributed by atoms with Crippen LogP contribution in [0.1, 0.15) is 30.9 Å². The van der Waals surface area contributed by atoms with Crippen molar-refractivity contribution in [2.45, 2.75) is 32.6 Å². The molecule has 0 aliphatic carbocycles. The van der Waals surface area contributed by atoms with Crippen LogP contribution in [0.4, 0.5) is 5.69 Å². The minimum absolute atomic E-state index is 0.250. The molecule has 2 heterocycles. The number of carbonyl (C=O) groups is 1. The summed E-state index contributed by atoms with van der Waals surface area (Å²) in [6, 6.07) is 6.74. The molecule has 1 fully saturated rings. The number of hydrogen-bond acceptors (Lipinski definition) is 3. The van der Waals surface area contributed by atoms with Gasteiger partial charge in [0, 0.05) is 51.4 Å². The molecule has 22 heavy (non-hydrogen) atoms. The van der Waals surface area contributed by atoms with E-state index in [-0.39, 0.29) is 5.91 Å². The van der Waals surface area contributed by atoms with E-state index in [4.69, 9.17) is 0 Å². The van der Waals surface area contributed by atoms with Gasteiger partial charge >= 0.3 is 0 Å². The average Bonchev–Trinajstić information content (AvgIpc) is 2.59. The summed E-state index contributed by atoms with van der Waals surface area (Å²) >= 11 is 0. The van der Waals surface area contributed by atoms with Gasteiger partial charge in [0.1, 0.15) is 0 Å². The fourth-order valence-corrected chi connectivity index (χ4v) is 3.45. The standard InChI is InChI=1S/C18H27N3O/c1-2-18(22)21-10-3-4-16-6-5-15(14-17(16)21)7-11-20-12-8-19-9-13-20/h5-6,14,19H,2-4,7-13H2,1H3. The molecule has 2 aliphatic rings. The first-order chi connectivity index (χ1) is 10.8. The molecule has 1 N–H and O–H groups in total. The lowest BCUT2D eigenvalue weighted by Crippen LogP contribution is -2.44. The molecule has 0 spiro atoms. The Hall–Kier alpha value is -1.39. The fourth-order valence-electron chi connectivity index (χ4n) is 3.45. The van der Waals surface area contributed by atoms with E-state index < -0.39 is 0 Å². The number of nitrogens with zero attached hydrogens (tertiary/aromatic N) is 2. The molecular formula is C18H27N3O. The average molecular weight is 301 g/mol. The van der Waals surface area contributed by atoms with Crippen molar-refractivity contribution in [3.63, 3.8) is 0 Å². The molecule has 4 nitrogen and oxygen atoms in total. The molecule has 0 saturated carbocycles. The minimum atomic E-state index is 0.250. The maximum Gasteiger partial charge on any atom is 0.226 e. The van der Waals surface area contributed by atoms with Gasteiger partial charge in [0.25, 0.3) is 0 Å². The number of nitrogens with one attached hydrogen (secondary N) is 1. The van der Waals surface area contributed by atoms with Crippen LogP contribution in [0.3, 0.4) is 0 Å². The molecule has 1 saturated heterocycles. The number of piperazine rings is 1. The summed E-state index contributed by atoms with van der Waals surface area (Å²) in [6.45, 7) is 8.43. The SMILES string of the molecule is CCC(=O)N1CCCc2ccc(CCN3CCNCC3)cc21. The lowest BCUT2D eigenvalue weighted by atomic mass is 9.98. The van der Waals surface area contributed by atoms with E-state index in [0.29, 0.717) is 6.42 Å². The van der Waals surface area contributed by atoms with Crippen LogP contribution < -0.4 is 10.2 Å². The molecule has 2 aliphatic heterocycles. The summed E-state index contributed by atoms with van der Waals surface area (Å²) in [4.78, 5) is 16.7. The van der Waals surface area contributed by atoms with Crippen molar-refractivity contribution in [2.24, 2.45) is 0 Å². The molecule has 3 rings (SSSR count). The van der Waals surface area contributed by atoms with Crippen molar-refractivity contribution in [2.75, 3.05) is 44.2 Å². The van der Waals surface area contributed by atoms with E-state index in [1.54, 1.807) is 0 Å². The molecule has 0 bridgehead atoms. The highest BCUT2D eigenvalue weighted by Crippen LogP contribution is 2.29. The largest absolute Gasteiger partial charge is 0.314 e. The van der Waals surface area contributed by atoms with E-state index in [9.17, 15) is 4.79 Å². The predicted octanol–water partition coefficient (Wildman–Crippen LogP) is 1.82. The zero-order chi connectivity index (χ0) is 15.4. The van der Waals surface area contributed by atoms with Crippen molar-refractivity contribution in [3.05, 3.63) is 29.3 Å².